The maximum Gasteiger partial charge on any atom is 0.132 e. The lowest BCUT2D eigenvalue weighted by Crippen LogP contribution is -1.97. The summed E-state index contributed by atoms with van der Waals surface area (Å²) in [6.45, 7) is 13.7. The highest BCUT2D eigenvalue weighted by Gasteiger charge is 2.09. The minimum Gasteiger partial charge on any atom is -0.328 e. The molecule has 0 atom stereocenters. The van der Waals surface area contributed by atoms with Crippen LogP contribution in [0.15, 0.2) is 62.0 Å². The third kappa shape index (κ3) is 6.50. The predicted octanol–water partition coefficient (Wildman–Crippen LogP) is 7.45. The van der Waals surface area contributed by atoms with Gasteiger partial charge in [0, 0.05) is 23.8 Å². The second-order valence-corrected chi connectivity index (χ2v) is 7.75. The zero-order valence-electron chi connectivity index (χ0n) is 18.6. The molecule has 0 unspecified atom stereocenters. The highest BCUT2D eigenvalue weighted by Crippen LogP contribution is 2.24. The number of rotatable bonds is 6. The first kappa shape index (κ1) is 24.3. The smallest absolute Gasteiger partial charge is 0.132 e. The average Bonchev–Trinajstić information content (AvgIpc) is 3.09. The van der Waals surface area contributed by atoms with Crippen LogP contribution >= 0.6 is 11.6 Å². The van der Waals surface area contributed by atoms with Crippen LogP contribution in [0.1, 0.15) is 42.9 Å². The van der Waals surface area contributed by atoms with Crippen LogP contribution in [0.25, 0.3) is 22.9 Å². The molecule has 3 nitrogen and oxygen atoms in total. The summed E-state index contributed by atoms with van der Waals surface area (Å²) in [5, 5.41) is 0.461. The first-order valence-electron chi connectivity index (χ1n) is 10.2. The van der Waals surface area contributed by atoms with Crippen LogP contribution in [0.5, 0.6) is 0 Å². The van der Waals surface area contributed by atoms with Crippen molar-refractivity contribution in [2.24, 2.45) is 7.05 Å². The van der Waals surface area contributed by atoms with E-state index in [1.165, 1.54) is 6.07 Å². The van der Waals surface area contributed by atoms with E-state index >= 15 is 0 Å². The van der Waals surface area contributed by atoms with Crippen LogP contribution < -0.4 is 0 Å². The number of hydrogen-bond donors (Lipinski definition) is 0. The summed E-state index contributed by atoms with van der Waals surface area (Å²) in [5.41, 5.74) is 5.91. The van der Waals surface area contributed by atoms with Gasteiger partial charge >= 0.3 is 0 Å². The molecule has 0 aliphatic rings. The number of benzene rings is 1. The molecule has 0 aliphatic carbocycles. The van der Waals surface area contributed by atoms with Crippen molar-refractivity contribution >= 4 is 23.3 Å². The zero-order valence-corrected chi connectivity index (χ0v) is 19.4. The number of nitrogens with zero attached hydrogens (tertiary/aromatic N) is 3. The van der Waals surface area contributed by atoms with Crippen molar-refractivity contribution in [3.8, 4) is 11.3 Å². The van der Waals surface area contributed by atoms with Crippen molar-refractivity contribution in [3.05, 3.63) is 95.5 Å². The Balaban J connectivity index is 0.000000262. The maximum atomic E-state index is 13.0. The Labute approximate surface area is 189 Å². The summed E-state index contributed by atoms with van der Waals surface area (Å²) in [6.07, 6.45) is 11.0. The van der Waals surface area contributed by atoms with Gasteiger partial charge in [0.2, 0.25) is 0 Å². The fourth-order valence-electron chi connectivity index (χ4n) is 3.16. The van der Waals surface area contributed by atoms with Gasteiger partial charge in [-0.15, -0.1) is 0 Å². The molecule has 1 aromatic carbocycles. The molecule has 0 spiro atoms. The summed E-state index contributed by atoms with van der Waals surface area (Å²) in [6, 6.07) is 6.93. The van der Waals surface area contributed by atoms with E-state index in [-0.39, 0.29) is 5.82 Å². The molecule has 3 aromatic rings. The molecular weight excluding hydrogens is 409 g/mol. The van der Waals surface area contributed by atoms with Crippen LogP contribution in [0.3, 0.4) is 0 Å². The normalized spacial score (nSPS) is 10.6. The Morgan fingerprint density at radius 1 is 1.23 bits per heavy atom. The third-order valence-electron chi connectivity index (χ3n) is 4.72. The van der Waals surface area contributed by atoms with E-state index in [9.17, 15) is 4.39 Å². The number of allylic oxidation sites excluding steroid dienone is 3. The largest absolute Gasteiger partial charge is 0.328 e. The molecule has 2 heterocycles. The van der Waals surface area contributed by atoms with Gasteiger partial charge in [-0.1, -0.05) is 56.3 Å². The van der Waals surface area contributed by atoms with Crippen molar-refractivity contribution in [1.82, 2.24) is 14.5 Å². The van der Waals surface area contributed by atoms with Crippen molar-refractivity contribution in [2.45, 2.75) is 33.6 Å². The molecule has 0 N–H and O–H groups in total. The van der Waals surface area contributed by atoms with Gasteiger partial charge in [0.15, 0.2) is 0 Å². The number of aryl methyl sites for hydroxylation is 2. The number of aromatic nitrogens is 3. The topological polar surface area (TPSA) is 30.7 Å². The number of halogens is 2. The van der Waals surface area contributed by atoms with E-state index in [2.05, 4.69) is 36.1 Å². The van der Waals surface area contributed by atoms with E-state index in [0.717, 1.165) is 52.3 Å². The Kier molecular flexibility index (Phi) is 8.95. The number of pyridine rings is 1. The Bertz CT molecular complexity index is 1100. The fraction of sp³-hybridized carbons (Fsp3) is 0.231. The molecule has 0 bridgehead atoms. The molecule has 0 saturated carbocycles. The van der Waals surface area contributed by atoms with Gasteiger partial charge in [-0.3, -0.25) is 4.98 Å². The molecule has 2 aromatic heterocycles. The summed E-state index contributed by atoms with van der Waals surface area (Å²) in [5.74, 6) is 0.695. The van der Waals surface area contributed by atoms with Gasteiger partial charge in [-0.2, -0.15) is 0 Å². The molecule has 3 rings (SSSR count). The fourth-order valence-corrected chi connectivity index (χ4v) is 3.32. The Hall–Kier alpha value is -2.98. The average molecular weight is 438 g/mol. The van der Waals surface area contributed by atoms with Crippen LogP contribution in [0, 0.1) is 12.7 Å². The van der Waals surface area contributed by atoms with Crippen LogP contribution in [0.4, 0.5) is 4.39 Å². The van der Waals surface area contributed by atoms with Crippen LogP contribution in [-0.4, -0.2) is 14.5 Å². The summed E-state index contributed by atoms with van der Waals surface area (Å²) < 4.78 is 15.0. The van der Waals surface area contributed by atoms with Gasteiger partial charge in [-0.25, -0.2) is 9.37 Å². The lowest BCUT2D eigenvalue weighted by atomic mass is 10.1. The number of imidazole rings is 1. The Morgan fingerprint density at radius 3 is 2.55 bits per heavy atom. The third-order valence-corrected chi connectivity index (χ3v) is 4.95. The quantitative estimate of drug-likeness (QED) is 0.375. The van der Waals surface area contributed by atoms with Crippen molar-refractivity contribution < 1.29 is 4.39 Å². The molecule has 0 radical (unpaired) electrons. The van der Waals surface area contributed by atoms with E-state index in [0.29, 0.717) is 5.02 Å². The first-order valence-corrected chi connectivity index (χ1v) is 10.5. The summed E-state index contributed by atoms with van der Waals surface area (Å²) in [7, 11) is 1.99. The zero-order chi connectivity index (χ0) is 23.0. The predicted molar refractivity (Wildman–Crippen MR) is 131 cm³/mol. The van der Waals surface area contributed by atoms with Gasteiger partial charge < -0.3 is 4.57 Å². The minimum absolute atomic E-state index is 0.195. The van der Waals surface area contributed by atoms with E-state index in [4.69, 9.17) is 11.6 Å². The maximum absolute atomic E-state index is 13.0. The highest BCUT2D eigenvalue weighted by atomic mass is 35.5. The molecule has 0 saturated heterocycles. The molecule has 0 fully saturated rings. The van der Waals surface area contributed by atoms with Gasteiger partial charge in [0.25, 0.3) is 0 Å². The Morgan fingerprint density at radius 2 is 1.97 bits per heavy atom. The SMILES string of the molecule is C=C/C=C\c1ncc(-c2cnc(C(=C)C)c(C)c2)n1C.CCCc1ccc(Cl)cc1F. The highest BCUT2D eigenvalue weighted by molar-refractivity contribution is 6.30. The van der Waals surface area contributed by atoms with E-state index < -0.39 is 0 Å². The van der Waals surface area contributed by atoms with E-state index in [1.807, 2.05) is 50.0 Å². The molecular formula is C26H29ClFN3. The van der Waals surface area contributed by atoms with Crippen LogP contribution in [-0.2, 0) is 13.5 Å². The lowest BCUT2D eigenvalue weighted by molar-refractivity contribution is 0.607. The molecule has 31 heavy (non-hydrogen) atoms. The van der Waals surface area contributed by atoms with Gasteiger partial charge in [0.05, 0.1) is 17.6 Å². The first-order chi connectivity index (χ1) is 14.8. The van der Waals surface area contributed by atoms with Crippen molar-refractivity contribution in [3.63, 3.8) is 0 Å². The summed E-state index contributed by atoms with van der Waals surface area (Å²) >= 11 is 5.58. The minimum atomic E-state index is -0.195. The molecule has 0 amide bonds. The summed E-state index contributed by atoms with van der Waals surface area (Å²) in [4.78, 5) is 8.89. The van der Waals surface area contributed by atoms with Crippen molar-refractivity contribution in [2.75, 3.05) is 0 Å². The van der Waals surface area contributed by atoms with Gasteiger partial charge in [-0.05, 0) is 61.2 Å². The second kappa shape index (κ2) is 11.4. The molecule has 5 heteroatoms. The standard InChI is InChI=1S/C17H19N3.C9H10ClF/c1-6-7-8-16-18-11-15(20(16)5)14-9-13(4)17(12(2)3)19-10-14;1-2-3-7-4-5-8(10)6-9(7)11/h6-11H,1-2H2,3-5H3;4-6H,2-3H2,1H3/b8-7-;. The number of hydrogen-bond acceptors (Lipinski definition) is 2. The monoisotopic (exact) mass is 437 g/mol. The van der Waals surface area contributed by atoms with Crippen molar-refractivity contribution in [1.29, 1.82) is 0 Å². The lowest BCUT2D eigenvalue weighted by Gasteiger charge is -2.08. The molecule has 0 aliphatic heterocycles. The van der Waals surface area contributed by atoms with Crippen LogP contribution in [0.2, 0.25) is 5.02 Å². The van der Waals surface area contributed by atoms with E-state index in [1.54, 1.807) is 18.2 Å². The molecule has 162 valence electrons. The van der Waals surface area contributed by atoms with Gasteiger partial charge in [0.1, 0.15) is 11.6 Å². The second-order valence-electron chi connectivity index (χ2n) is 7.31.